The van der Waals surface area contributed by atoms with Gasteiger partial charge in [-0.3, -0.25) is 0 Å². The van der Waals surface area contributed by atoms with Crippen molar-refractivity contribution < 1.29 is 0 Å². The van der Waals surface area contributed by atoms with E-state index in [0.29, 0.717) is 10.7 Å². The number of para-hydroxylation sites is 1. The number of benzene rings is 2. The van der Waals surface area contributed by atoms with Crippen molar-refractivity contribution >= 4 is 23.4 Å². The Hall–Kier alpha value is -2.22. The summed E-state index contributed by atoms with van der Waals surface area (Å²) in [5.41, 5.74) is 1.34. The van der Waals surface area contributed by atoms with Crippen LogP contribution in [0.25, 0.3) is 5.69 Å². The summed E-state index contributed by atoms with van der Waals surface area (Å²) in [5.74, 6) is 0. The summed E-state index contributed by atoms with van der Waals surface area (Å²) in [6.07, 6.45) is 1.87. The Bertz CT molecular complexity index is 789. The van der Waals surface area contributed by atoms with Crippen molar-refractivity contribution in [1.29, 1.82) is 5.26 Å². The summed E-state index contributed by atoms with van der Waals surface area (Å²) < 4.78 is 1.72. The van der Waals surface area contributed by atoms with E-state index in [2.05, 4.69) is 11.2 Å². The lowest BCUT2D eigenvalue weighted by Gasteiger charge is -1.99. The van der Waals surface area contributed by atoms with Crippen LogP contribution < -0.4 is 0 Å². The molecule has 21 heavy (non-hydrogen) atoms. The maximum absolute atomic E-state index is 9.24. The zero-order valence-corrected chi connectivity index (χ0v) is 12.5. The molecule has 1 aromatic heterocycles. The van der Waals surface area contributed by atoms with Gasteiger partial charge in [0.25, 0.3) is 0 Å². The van der Waals surface area contributed by atoms with Crippen LogP contribution in [0.5, 0.6) is 0 Å². The normalized spacial score (nSPS) is 10.3. The van der Waals surface area contributed by atoms with Gasteiger partial charge >= 0.3 is 0 Å². The summed E-state index contributed by atoms with van der Waals surface area (Å²) in [4.78, 5) is 1.84. The van der Waals surface area contributed by atoms with Gasteiger partial charge < -0.3 is 0 Å². The zero-order chi connectivity index (χ0) is 14.7. The minimum absolute atomic E-state index is 0.416. The molecule has 0 aliphatic carbocycles. The second-order valence-corrected chi connectivity index (χ2v) is 5.84. The van der Waals surface area contributed by atoms with E-state index in [0.717, 1.165) is 15.5 Å². The van der Waals surface area contributed by atoms with E-state index in [1.807, 2.05) is 60.8 Å². The number of halogens is 1. The summed E-state index contributed by atoms with van der Waals surface area (Å²) >= 11 is 7.38. The summed E-state index contributed by atoms with van der Waals surface area (Å²) in [7, 11) is 0. The van der Waals surface area contributed by atoms with E-state index in [4.69, 9.17) is 11.6 Å². The number of rotatable bonds is 3. The molecule has 0 radical (unpaired) electrons. The van der Waals surface area contributed by atoms with Crippen LogP contribution in [0.3, 0.4) is 0 Å². The van der Waals surface area contributed by atoms with Gasteiger partial charge in [-0.15, -0.1) is 0 Å². The molecule has 0 saturated heterocycles. The maximum Gasteiger partial charge on any atom is 0.176 e. The van der Waals surface area contributed by atoms with Crippen LogP contribution in [0.4, 0.5) is 0 Å². The fraction of sp³-hybridized carbons (Fsp3) is 0. The highest BCUT2D eigenvalue weighted by atomic mass is 35.5. The molecule has 102 valence electrons. The van der Waals surface area contributed by atoms with E-state index in [-0.39, 0.29) is 0 Å². The highest BCUT2D eigenvalue weighted by Gasteiger charge is 2.11. The van der Waals surface area contributed by atoms with E-state index in [1.165, 1.54) is 11.8 Å². The van der Waals surface area contributed by atoms with Gasteiger partial charge in [-0.2, -0.15) is 10.4 Å². The SMILES string of the molecule is N#Cc1nn(-c2ccccc2)cc1Sc1ccc(Cl)cc1. The van der Waals surface area contributed by atoms with Gasteiger partial charge in [0.05, 0.1) is 10.6 Å². The second-order valence-electron chi connectivity index (χ2n) is 4.29. The molecule has 0 amide bonds. The fourth-order valence-electron chi connectivity index (χ4n) is 1.85. The Balaban J connectivity index is 1.94. The molecule has 0 atom stereocenters. The molecule has 0 fully saturated rings. The quantitative estimate of drug-likeness (QED) is 0.712. The Morgan fingerprint density at radius 1 is 1.05 bits per heavy atom. The third-order valence-electron chi connectivity index (χ3n) is 2.85. The van der Waals surface area contributed by atoms with Crippen LogP contribution in [0.15, 0.2) is 70.6 Å². The average Bonchev–Trinajstić information content (AvgIpc) is 2.93. The van der Waals surface area contributed by atoms with Crippen molar-refractivity contribution in [2.75, 3.05) is 0 Å². The van der Waals surface area contributed by atoms with Crippen molar-refractivity contribution in [1.82, 2.24) is 9.78 Å². The Labute approximate surface area is 131 Å². The van der Waals surface area contributed by atoms with Crippen LogP contribution in [-0.4, -0.2) is 9.78 Å². The summed E-state index contributed by atoms with van der Waals surface area (Å²) in [5, 5.41) is 14.3. The van der Waals surface area contributed by atoms with Gasteiger partial charge in [-0.25, -0.2) is 4.68 Å². The monoisotopic (exact) mass is 311 g/mol. The Kier molecular flexibility index (Phi) is 3.96. The minimum atomic E-state index is 0.416. The number of nitrogens with zero attached hydrogens (tertiary/aromatic N) is 3. The number of aromatic nitrogens is 2. The smallest absolute Gasteiger partial charge is 0.176 e. The lowest BCUT2D eigenvalue weighted by molar-refractivity contribution is 0.873. The first-order chi connectivity index (χ1) is 10.3. The van der Waals surface area contributed by atoms with Crippen molar-refractivity contribution in [3.63, 3.8) is 0 Å². The molecule has 0 saturated carbocycles. The molecule has 0 aliphatic rings. The predicted molar refractivity (Wildman–Crippen MR) is 83.9 cm³/mol. The summed E-state index contributed by atoms with van der Waals surface area (Å²) in [6.45, 7) is 0. The first kappa shape index (κ1) is 13.7. The molecule has 5 heteroatoms. The standard InChI is InChI=1S/C16H10ClN3S/c17-12-6-8-14(9-7-12)21-16-11-20(19-15(16)10-18)13-4-2-1-3-5-13/h1-9,11H. The molecule has 3 aromatic rings. The number of hydrogen-bond donors (Lipinski definition) is 0. The Morgan fingerprint density at radius 3 is 2.43 bits per heavy atom. The van der Waals surface area contributed by atoms with E-state index in [1.54, 1.807) is 4.68 Å². The molecule has 0 aliphatic heterocycles. The van der Waals surface area contributed by atoms with Gasteiger partial charge in [0, 0.05) is 16.1 Å². The van der Waals surface area contributed by atoms with Crippen LogP contribution in [0.1, 0.15) is 5.69 Å². The van der Waals surface area contributed by atoms with Crippen molar-refractivity contribution in [2.24, 2.45) is 0 Å². The Morgan fingerprint density at radius 2 is 1.76 bits per heavy atom. The predicted octanol–water partition coefficient (Wildman–Crippen LogP) is 4.55. The molecule has 2 aromatic carbocycles. The first-order valence-electron chi connectivity index (χ1n) is 6.25. The van der Waals surface area contributed by atoms with E-state index in [9.17, 15) is 5.26 Å². The van der Waals surface area contributed by atoms with Crippen molar-refractivity contribution in [3.8, 4) is 11.8 Å². The van der Waals surface area contributed by atoms with E-state index < -0.39 is 0 Å². The lowest BCUT2D eigenvalue weighted by Crippen LogP contribution is -1.93. The first-order valence-corrected chi connectivity index (χ1v) is 7.44. The second kappa shape index (κ2) is 6.04. The van der Waals surface area contributed by atoms with Gasteiger partial charge in [-0.05, 0) is 36.4 Å². The van der Waals surface area contributed by atoms with Crippen molar-refractivity contribution in [2.45, 2.75) is 9.79 Å². The van der Waals surface area contributed by atoms with Crippen LogP contribution in [0.2, 0.25) is 5.02 Å². The van der Waals surface area contributed by atoms with Gasteiger partial charge in [0.1, 0.15) is 6.07 Å². The molecular weight excluding hydrogens is 302 g/mol. The minimum Gasteiger partial charge on any atom is -0.238 e. The molecule has 0 bridgehead atoms. The lowest BCUT2D eigenvalue weighted by atomic mass is 10.3. The average molecular weight is 312 g/mol. The highest BCUT2D eigenvalue weighted by Crippen LogP contribution is 2.31. The van der Waals surface area contributed by atoms with Crippen LogP contribution >= 0.6 is 23.4 Å². The maximum atomic E-state index is 9.24. The van der Waals surface area contributed by atoms with Gasteiger partial charge in [-0.1, -0.05) is 41.6 Å². The molecule has 3 nitrogen and oxygen atoms in total. The number of hydrogen-bond acceptors (Lipinski definition) is 3. The third-order valence-corrected chi connectivity index (χ3v) is 4.13. The molecular formula is C16H10ClN3S. The van der Waals surface area contributed by atoms with Crippen LogP contribution in [-0.2, 0) is 0 Å². The molecule has 1 heterocycles. The topological polar surface area (TPSA) is 41.6 Å². The molecule has 0 spiro atoms. The zero-order valence-electron chi connectivity index (χ0n) is 10.9. The molecule has 0 N–H and O–H groups in total. The largest absolute Gasteiger partial charge is 0.238 e. The fourth-order valence-corrected chi connectivity index (χ4v) is 2.84. The third kappa shape index (κ3) is 3.10. The van der Waals surface area contributed by atoms with Gasteiger partial charge in [0.2, 0.25) is 0 Å². The van der Waals surface area contributed by atoms with Gasteiger partial charge in [0.15, 0.2) is 5.69 Å². The molecule has 0 unspecified atom stereocenters. The molecule has 3 rings (SSSR count). The number of nitriles is 1. The van der Waals surface area contributed by atoms with E-state index >= 15 is 0 Å². The van der Waals surface area contributed by atoms with Crippen LogP contribution in [0, 0.1) is 11.3 Å². The highest BCUT2D eigenvalue weighted by molar-refractivity contribution is 7.99. The van der Waals surface area contributed by atoms with Crippen molar-refractivity contribution in [3.05, 3.63) is 71.5 Å². The summed E-state index contributed by atoms with van der Waals surface area (Å²) in [6, 6.07) is 19.4.